The van der Waals surface area contributed by atoms with Crippen LogP contribution in [0.3, 0.4) is 0 Å². The summed E-state index contributed by atoms with van der Waals surface area (Å²) in [4.78, 5) is 12.0. The van der Waals surface area contributed by atoms with E-state index < -0.39 is 5.82 Å². The maximum Gasteiger partial charge on any atom is 0.179 e. The molecule has 3 nitrogen and oxygen atoms in total. The third-order valence-electron chi connectivity index (χ3n) is 2.69. The Labute approximate surface area is 126 Å². The molecular formula is C17H26FNO2. The SMILES string of the molecule is CC.CC.CCNC(C)C(=O)c1cc(F)c2occc2c1. The molecule has 1 N–H and O–H groups in total. The van der Waals surface area contributed by atoms with Crippen molar-refractivity contribution in [1.29, 1.82) is 0 Å². The fourth-order valence-electron chi connectivity index (χ4n) is 1.83. The summed E-state index contributed by atoms with van der Waals surface area (Å²) >= 11 is 0. The molecule has 0 bridgehead atoms. The molecule has 0 saturated heterocycles. The highest BCUT2D eigenvalue weighted by atomic mass is 19.1. The Bertz CT molecular complexity index is 549. The molecule has 1 atom stereocenters. The lowest BCUT2D eigenvalue weighted by molar-refractivity contribution is 0.0951. The van der Waals surface area contributed by atoms with Crippen LogP contribution in [0.25, 0.3) is 11.0 Å². The molecule has 1 heterocycles. The molecule has 1 aromatic carbocycles. The van der Waals surface area contributed by atoms with Crippen molar-refractivity contribution in [3.63, 3.8) is 0 Å². The fourth-order valence-corrected chi connectivity index (χ4v) is 1.83. The molecule has 21 heavy (non-hydrogen) atoms. The Balaban J connectivity index is 0.000000921. The van der Waals surface area contributed by atoms with Gasteiger partial charge in [-0.25, -0.2) is 4.39 Å². The summed E-state index contributed by atoms with van der Waals surface area (Å²) in [5.41, 5.74) is 0.558. The molecule has 0 aliphatic heterocycles. The number of rotatable bonds is 4. The number of halogens is 1. The number of fused-ring (bicyclic) bond motifs is 1. The predicted molar refractivity (Wildman–Crippen MR) is 86.3 cm³/mol. The molecule has 0 radical (unpaired) electrons. The van der Waals surface area contributed by atoms with Crippen molar-refractivity contribution in [2.24, 2.45) is 0 Å². The summed E-state index contributed by atoms with van der Waals surface area (Å²) in [6.45, 7) is 12.4. The Morgan fingerprint density at radius 2 is 1.90 bits per heavy atom. The van der Waals surface area contributed by atoms with E-state index in [0.717, 1.165) is 0 Å². The molecule has 0 aliphatic rings. The van der Waals surface area contributed by atoms with Crippen molar-refractivity contribution in [3.8, 4) is 0 Å². The second kappa shape index (κ2) is 10.1. The van der Waals surface area contributed by atoms with Crippen LogP contribution in [0.15, 0.2) is 28.9 Å². The average molecular weight is 295 g/mol. The quantitative estimate of drug-likeness (QED) is 0.823. The number of benzene rings is 1. The van der Waals surface area contributed by atoms with Crippen LogP contribution < -0.4 is 5.32 Å². The summed E-state index contributed by atoms with van der Waals surface area (Å²) in [6.07, 6.45) is 1.41. The van der Waals surface area contributed by atoms with E-state index in [1.807, 2.05) is 34.6 Å². The van der Waals surface area contributed by atoms with Gasteiger partial charge < -0.3 is 9.73 Å². The molecule has 2 aromatic rings. The number of hydrogen-bond acceptors (Lipinski definition) is 3. The van der Waals surface area contributed by atoms with Gasteiger partial charge in [-0.15, -0.1) is 0 Å². The summed E-state index contributed by atoms with van der Waals surface area (Å²) in [5.74, 6) is -0.617. The number of carbonyl (C=O) groups excluding carboxylic acids is 1. The molecule has 0 spiro atoms. The first kappa shape index (κ1) is 19.3. The maximum absolute atomic E-state index is 13.6. The van der Waals surface area contributed by atoms with E-state index in [9.17, 15) is 9.18 Å². The summed E-state index contributed by atoms with van der Waals surface area (Å²) in [7, 11) is 0. The molecule has 4 heteroatoms. The maximum atomic E-state index is 13.6. The molecule has 118 valence electrons. The number of Topliss-reactive ketones (excluding diaryl/α,β-unsaturated/α-hetero) is 1. The van der Waals surface area contributed by atoms with Crippen LogP contribution in [0.5, 0.6) is 0 Å². The first-order valence-corrected chi connectivity index (χ1v) is 7.58. The Hall–Kier alpha value is -1.68. The number of likely N-dealkylation sites (N-methyl/N-ethyl adjacent to an activating group) is 1. The van der Waals surface area contributed by atoms with Crippen LogP contribution >= 0.6 is 0 Å². The van der Waals surface area contributed by atoms with Gasteiger partial charge in [0.1, 0.15) is 0 Å². The van der Waals surface area contributed by atoms with Gasteiger partial charge in [0, 0.05) is 10.9 Å². The van der Waals surface area contributed by atoms with Crippen LogP contribution in [0.2, 0.25) is 0 Å². The van der Waals surface area contributed by atoms with E-state index in [2.05, 4.69) is 5.32 Å². The van der Waals surface area contributed by atoms with Gasteiger partial charge in [0.05, 0.1) is 12.3 Å². The van der Waals surface area contributed by atoms with Crippen molar-refractivity contribution < 1.29 is 13.6 Å². The van der Waals surface area contributed by atoms with Gasteiger partial charge >= 0.3 is 0 Å². The molecule has 2 rings (SSSR count). The number of hydrogen-bond donors (Lipinski definition) is 1. The highest BCUT2D eigenvalue weighted by molar-refractivity contribution is 6.02. The standard InChI is InChI=1S/C13H14FNO2.2C2H6/c1-3-15-8(2)12(16)10-6-9-4-5-17-13(9)11(14)7-10;2*1-2/h4-8,15H,3H2,1-2H3;2*1-2H3. The lowest BCUT2D eigenvalue weighted by Gasteiger charge is -2.11. The van der Waals surface area contributed by atoms with E-state index in [1.54, 1.807) is 19.1 Å². The van der Waals surface area contributed by atoms with Crippen molar-refractivity contribution in [2.45, 2.75) is 47.6 Å². The van der Waals surface area contributed by atoms with Crippen molar-refractivity contribution in [2.75, 3.05) is 6.54 Å². The number of furan rings is 1. The van der Waals surface area contributed by atoms with Gasteiger partial charge in [0.2, 0.25) is 0 Å². The smallest absolute Gasteiger partial charge is 0.179 e. The van der Waals surface area contributed by atoms with Crippen LogP contribution in [0, 0.1) is 5.82 Å². The zero-order valence-corrected chi connectivity index (χ0v) is 13.8. The minimum atomic E-state index is -0.500. The zero-order valence-electron chi connectivity index (χ0n) is 13.8. The van der Waals surface area contributed by atoms with E-state index in [1.165, 1.54) is 12.3 Å². The van der Waals surface area contributed by atoms with Crippen LogP contribution in [0.4, 0.5) is 4.39 Å². The molecule has 0 fully saturated rings. The number of carbonyl (C=O) groups is 1. The minimum Gasteiger partial charge on any atom is -0.461 e. The van der Waals surface area contributed by atoms with Crippen LogP contribution in [0.1, 0.15) is 51.9 Å². The Morgan fingerprint density at radius 1 is 1.29 bits per heavy atom. The molecule has 1 unspecified atom stereocenters. The third-order valence-corrected chi connectivity index (χ3v) is 2.69. The van der Waals surface area contributed by atoms with Crippen molar-refractivity contribution in [3.05, 3.63) is 35.8 Å². The van der Waals surface area contributed by atoms with E-state index in [4.69, 9.17) is 4.42 Å². The van der Waals surface area contributed by atoms with Crippen LogP contribution in [-0.4, -0.2) is 18.4 Å². The summed E-state index contributed by atoms with van der Waals surface area (Å²) in [5, 5.41) is 3.62. The number of nitrogens with one attached hydrogen (secondary N) is 1. The summed E-state index contributed by atoms with van der Waals surface area (Å²) < 4.78 is 18.6. The minimum absolute atomic E-state index is 0.117. The Kier molecular flexibility index (Phi) is 9.30. The predicted octanol–water partition coefficient (Wildman–Crippen LogP) is 4.81. The molecular weight excluding hydrogens is 269 g/mol. The second-order valence-electron chi connectivity index (χ2n) is 3.94. The van der Waals surface area contributed by atoms with Gasteiger partial charge in [-0.1, -0.05) is 34.6 Å². The van der Waals surface area contributed by atoms with E-state index >= 15 is 0 Å². The lowest BCUT2D eigenvalue weighted by atomic mass is 10.0. The topological polar surface area (TPSA) is 42.2 Å². The summed E-state index contributed by atoms with van der Waals surface area (Å²) in [6, 6.07) is 4.21. The largest absolute Gasteiger partial charge is 0.461 e. The molecule has 1 aromatic heterocycles. The Morgan fingerprint density at radius 3 is 2.48 bits per heavy atom. The zero-order chi connectivity index (χ0) is 16.4. The normalized spacial score (nSPS) is 11.0. The highest BCUT2D eigenvalue weighted by Gasteiger charge is 2.17. The fraction of sp³-hybridized carbons (Fsp3) is 0.471. The lowest BCUT2D eigenvalue weighted by Crippen LogP contribution is -2.33. The van der Waals surface area contributed by atoms with Gasteiger partial charge in [-0.05, 0) is 31.7 Å². The van der Waals surface area contributed by atoms with E-state index in [0.29, 0.717) is 17.5 Å². The average Bonchev–Trinajstić information content (AvgIpc) is 3.00. The van der Waals surface area contributed by atoms with Gasteiger partial charge in [0.25, 0.3) is 0 Å². The van der Waals surface area contributed by atoms with Gasteiger partial charge in [-0.3, -0.25) is 4.79 Å². The van der Waals surface area contributed by atoms with Crippen molar-refractivity contribution >= 4 is 16.8 Å². The molecule has 0 aliphatic carbocycles. The van der Waals surface area contributed by atoms with Crippen LogP contribution in [-0.2, 0) is 0 Å². The first-order chi connectivity index (χ1) is 10.1. The first-order valence-electron chi connectivity index (χ1n) is 7.58. The van der Waals surface area contributed by atoms with Gasteiger partial charge in [0.15, 0.2) is 17.2 Å². The highest BCUT2D eigenvalue weighted by Crippen LogP contribution is 2.21. The van der Waals surface area contributed by atoms with Gasteiger partial charge in [-0.2, -0.15) is 0 Å². The van der Waals surface area contributed by atoms with Crippen molar-refractivity contribution in [1.82, 2.24) is 5.32 Å². The molecule has 0 amide bonds. The third kappa shape index (κ3) is 4.97. The monoisotopic (exact) mass is 295 g/mol. The van der Waals surface area contributed by atoms with E-state index in [-0.39, 0.29) is 17.4 Å². The number of ketones is 1. The second-order valence-corrected chi connectivity index (χ2v) is 3.94. The molecule has 0 saturated carbocycles.